The van der Waals surface area contributed by atoms with Crippen LogP contribution in [-0.2, 0) is 6.54 Å². The molecule has 7 nitrogen and oxygen atoms in total. The second-order valence-electron chi connectivity index (χ2n) is 6.46. The monoisotopic (exact) mass is 427 g/mol. The highest BCUT2D eigenvalue weighted by Crippen LogP contribution is 2.23. The first kappa shape index (κ1) is 19.7. The van der Waals surface area contributed by atoms with Crippen LogP contribution < -0.4 is 15.7 Å². The van der Waals surface area contributed by atoms with Crippen molar-refractivity contribution in [3.8, 4) is 5.75 Å². The summed E-state index contributed by atoms with van der Waals surface area (Å²) in [5, 5.41) is 7.64. The minimum absolute atomic E-state index is 0.165. The van der Waals surface area contributed by atoms with Crippen LogP contribution in [0.4, 0.5) is 10.1 Å². The van der Waals surface area contributed by atoms with Gasteiger partial charge in [0.05, 0.1) is 31.1 Å². The summed E-state index contributed by atoms with van der Waals surface area (Å²) in [4.78, 5) is 24.7. The smallest absolute Gasteiger partial charge is 0.337 e. The molecule has 0 saturated heterocycles. The summed E-state index contributed by atoms with van der Waals surface area (Å²) in [6, 6.07) is 10.1. The summed E-state index contributed by atoms with van der Waals surface area (Å²) in [5.74, 6) is -0.407. The van der Waals surface area contributed by atoms with E-state index in [1.165, 1.54) is 31.5 Å². The fraction of sp³-hybridized carbons (Fsp3) is 0.0952. The normalized spacial score (nSPS) is 10.9. The maximum atomic E-state index is 13.2. The largest absolute Gasteiger partial charge is 0.497 e. The molecule has 4 aromatic rings. The standard InChI is InChI=1S/C21H15ClFN3O4/c1-29-15-4-5-16-17(8-20(27)30-19(16)7-15)21(28)25-14-9-24-26(11-14)10-12-2-3-13(23)6-18(12)22/h2-9,11H,10H2,1H3,(H,25,28). The molecule has 2 heterocycles. The lowest BCUT2D eigenvalue weighted by atomic mass is 10.1. The lowest BCUT2D eigenvalue weighted by Crippen LogP contribution is -2.15. The van der Waals surface area contributed by atoms with E-state index >= 15 is 0 Å². The number of carbonyl (C=O) groups excluding carboxylic acids is 1. The first-order chi connectivity index (χ1) is 14.4. The van der Waals surface area contributed by atoms with Gasteiger partial charge in [-0.15, -0.1) is 0 Å². The molecular formula is C21H15ClFN3O4. The van der Waals surface area contributed by atoms with E-state index in [2.05, 4.69) is 10.4 Å². The molecule has 152 valence electrons. The van der Waals surface area contributed by atoms with Crippen molar-refractivity contribution in [2.45, 2.75) is 6.54 Å². The molecule has 0 aliphatic rings. The fourth-order valence-electron chi connectivity index (χ4n) is 3.00. The van der Waals surface area contributed by atoms with Crippen LogP contribution in [-0.4, -0.2) is 22.8 Å². The second kappa shape index (κ2) is 8.00. The highest BCUT2D eigenvalue weighted by atomic mass is 35.5. The van der Waals surface area contributed by atoms with Crippen LogP contribution in [0.15, 0.2) is 64.1 Å². The first-order valence-corrected chi connectivity index (χ1v) is 9.20. The van der Waals surface area contributed by atoms with Crippen LogP contribution in [0.25, 0.3) is 11.0 Å². The molecule has 30 heavy (non-hydrogen) atoms. The van der Waals surface area contributed by atoms with E-state index in [0.717, 1.165) is 6.07 Å². The lowest BCUT2D eigenvalue weighted by molar-refractivity contribution is 0.102. The molecule has 0 fully saturated rings. The molecule has 0 atom stereocenters. The number of nitrogens with zero attached hydrogens (tertiary/aromatic N) is 2. The van der Waals surface area contributed by atoms with E-state index in [1.54, 1.807) is 29.1 Å². The maximum Gasteiger partial charge on any atom is 0.337 e. The van der Waals surface area contributed by atoms with Gasteiger partial charge in [0.15, 0.2) is 0 Å². The summed E-state index contributed by atoms with van der Waals surface area (Å²) in [5.41, 5.74) is 0.863. The summed E-state index contributed by atoms with van der Waals surface area (Å²) < 4.78 is 25.0. The molecule has 0 aliphatic carbocycles. The van der Waals surface area contributed by atoms with Crippen molar-refractivity contribution in [2.75, 3.05) is 12.4 Å². The van der Waals surface area contributed by atoms with Crippen molar-refractivity contribution >= 4 is 34.2 Å². The van der Waals surface area contributed by atoms with Crippen molar-refractivity contribution in [1.29, 1.82) is 0 Å². The molecule has 1 amide bonds. The Kier molecular flexibility index (Phi) is 5.24. The number of rotatable bonds is 5. The summed E-state index contributed by atoms with van der Waals surface area (Å²) in [6.07, 6.45) is 3.07. The minimum atomic E-state index is -0.650. The van der Waals surface area contributed by atoms with E-state index in [-0.39, 0.29) is 16.2 Å². The predicted molar refractivity (Wildman–Crippen MR) is 110 cm³/mol. The predicted octanol–water partition coefficient (Wildman–Crippen LogP) is 4.09. The van der Waals surface area contributed by atoms with Gasteiger partial charge in [-0.2, -0.15) is 5.10 Å². The molecular weight excluding hydrogens is 413 g/mol. The molecule has 4 rings (SSSR count). The maximum absolute atomic E-state index is 13.2. The van der Waals surface area contributed by atoms with Crippen molar-refractivity contribution < 1.29 is 18.3 Å². The quantitative estimate of drug-likeness (QED) is 0.485. The molecule has 0 radical (unpaired) electrons. The van der Waals surface area contributed by atoms with Gasteiger partial charge in [0.1, 0.15) is 17.1 Å². The zero-order valence-electron chi connectivity index (χ0n) is 15.7. The van der Waals surface area contributed by atoms with Gasteiger partial charge in [-0.1, -0.05) is 17.7 Å². The zero-order valence-corrected chi connectivity index (χ0v) is 16.4. The Bertz CT molecular complexity index is 1320. The third kappa shape index (κ3) is 4.04. The third-order valence-corrected chi connectivity index (χ3v) is 4.79. The Hall–Kier alpha value is -3.65. The van der Waals surface area contributed by atoms with E-state index < -0.39 is 17.3 Å². The van der Waals surface area contributed by atoms with Crippen molar-refractivity contribution in [1.82, 2.24) is 9.78 Å². The molecule has 0 unspecified atom stereocenters. The van der Waals surface area contributed by atoms with Crippen molar-refractivity contribution in [2.24, 2.45) is 0 Å². The van der Waals surface area contributed by atoms with E-state index in [4.69, 9.17) is 20.8 Å². The second-order valence-corrected chi connectivity index (χ2v) is 6.86. The third-order valence-electron chi connectivity index (χ3n) is 4.43. The number of amides is 1. The SMILES string of the molecule is COc1ccc2c(C(=O)Nc3cnn(Cc4ccc(F)cc4Cl)c3)cc(=O)oc2c1. The fourth-order valence-corrected chi connectivity index (χ4v) is 3.22. The topological polar surface area (TPSA) is 86.4 Å². The van der Waals surface area contributed by atoms with Gasteiger partial charge < -0.3 is 14.5 Å². The van der Waals surface area contributed by atoms with Gasteiger partial charge in [0.2, 0.25) is 0 Å². The molecule has 2 aromatic carbocycles. The number of benzene rings is 2. The molecule has 0 spiro atoms. The van der Waals surface area contributed by atoms with Gasteiger partial charge in [0.25, 0.3) is 5.91 Å². The minimum Gasteiger partial charge on any atom is -0.497 e. The molecule has 0 aliphatic heterocycles. The van der Waals surface area contributed by atoms with E-state index in [0.29, 0.717) is 28.9 Å². The molecule has 0 bridgehead atoms. The van der Waals surface area contributed by atoms with Crippen LogP contribution in [0.1, 0.15) is 15.9 Å². The van der Waals surface area contributed by atoms with E-state index in [9.17, 15) is 14.0 Å². The highest BCUT2D eigenvalue weighted by molar-refractivity contribution is 6.31. The van der Waals surface area contributed by atoms with Crippen LogP contribution >= 0.6 is 11.6 Å². The number of ether oxygens (including phenoxy) is 1. The zero-order chi connectivity index (χ0) is 21.3. The molecule has 9 heteroatoms. The summed E-state index contributed by atoms with van der Waals surface area (Å²) in [6.45, 7) is 0.298. The average molecular weight is 428 g/mol. The number of aromatic nitrogens is 2. The van der Waals surface area contributed by atoms with Crippen molar-refractivity contribution in [3.63, 3.8) is 0 Å². The number of nitrogens with one attached hydrogen (secondary N) is 1. The van der Waals surface area contributed by atoms with E-state index in [1.807, 2.05) is 0 Å². The van der Waals surface area contributed by atoms with Crippen LogP contribution in [0.5, 0.6) is 5.75 Å². The van der Waals surface area contributed by atoms with Gasteiger partial charge in [0, 0.05) is 28.7 Å². The summed E-state index contributed by atoms with van der Waals surface area (Å²) >= 11 is 6.04. The van der Waals surface area contributed by atoms with Gasteiger partial charge >= 0.3 is 5.63 Å². The number of anilines is 1. The molecule has 2 aromatic heterocycles. The lowest BCUT2D eigenvalue weighted by Gasteiger charge is -2.07. The van der Waals surface area contributed by atoms with Crippen LogP contribution in [0, 0.1) is 5.82 Å². The van der Waals surface area contributed by atoms with Crippen LogP contribution in [0.3, 0.4) is 0 Å². The Labute approximate surface area is 174 Å². The molecule has 1 N–H and O–H groups in total. The summed E-state index contributed by atoms with van der Waals surface area (Å²) in [7, 11) is 1.49. The number of fused-ring (bicyclic) bond motifs is 1. The first-order valence-electron chi connectivity index (χ1n) is 8.82. The number of methoxy groups -OCH3 is 1. The number of hydrogen-bond donors (Lipinski definition) is 1. The van der Waals surface area contributed by atoms with Gasteiger partial charge in [-0.3, -0.25) is 9.48 Å². The highest BCUT2D eigenvalue weighted by Gasteiger charge is 2.15. The number of carbonyl (C=O) groups is 1. The Morgan fingerprint density at radius 1 is 1.27 bits per heavy atom. The number of halogens is 2. The average Bonchev–Trinajstić information content (AvgIpc) is 3.15. The Morgan fingerprint density at radius 3 is 2.87 bits per heavy atom. The van der Waals surface area contributed by atoms with Crippen molar-refractivity contribution in [3.05, 3.63) is 87.2 Å². The Balaban J connectivity index is 1.57. The number of hydrogen-bond acceptors (Lipinski definition) is 5. The van der Waals surface area contributed by atoms with Crippen LogP contribution in [0.2, 0.25) is 5.02 Å². The molecule has 0 saturated carbocycles. The Morgan fingerprint density at radius 2 is 2.10 bits per heavy atom. The van der Waals surface area contributed by atoms with Gasteiger partial charge in [-0.05, 0) is 29.8 Å². The van der Waals surface area contributed by atoms with Gasteiger partial charge in [-0.25, -0.2) is 9.18 Å².